The lowest BCUT2D eigenvalue weighted by Gasteiger charge is -2.29. The van der Waals surface area contributed by atoms with Crippen molar-refractivity contribution in [2.45, 2.75) is 38.6 Å². The summed E-state index contributed by atoms with van der Waals surface area (Å²) in [6, 6.07) is 1.59. The van der Waals surface area contributed by atoms with Gasteiger partial charge in [-0.25, -0.2) is 0 Å². The van der Waals surface area contributed by atoms with Crippen LogP contribution in [0.2, 0.25) is 5.02 Å². The van der Waals surface area contributed by atoms with Crippen LogP contribution in [0.1, 0.15) is 53.7 Å². The molecule has 0 N–H and O–H groups in total. The fraction of sp³-hybridized carbons (Fsp3) is 0.533. The smallest absolute Gasteiger partial charge is 0.293 e. The van der Waals surface area contributed by atoms with Crippen molar-refractivity contribution in [3.63, 3.8) is 0 Å². The Morgan fingerprint density at radius 3 is 2.86 bits per heavy atom. The van der Waals surface area contributed by atoms with Gasteiger partial charge in [0, 0.05) is 19.7 Å². The van der Waals surface area contributed by atoms with Gasteiger partial charge < -0.3 is 9.42 Å². The molecule has 22 heavy (non-hydrogen) atoms. The van der Waals surface area contributed by atoms with E-state index in [-0.39, 0.29) is 17.7 Å². The van der Waals surface area contributed by atoms with Crippen molar-refractivity contribution in [2.75, 3.05) is 6.54 Å². The van der Waals surface area contributed by atoms with Crippen molar-refractivity contribution in [3.05, 3.63) is 34.4 Å². The van der Waals surface area contributed by atoms with Crippen molar-refractivity contribution in [1.29, 1.82) is 0 Å². The normalized spacial score (nSPS) is 19.2. The van der Waals surface area contributed by atoms with Crippen LogP contribution in [0.15, 0.2) is 16.8 Å². The lowest BCUT2D eigenvalue weighted by Crippen LogP contribution is -2.35. The van der Waals surface area contributed by atoms with Gasteiger partial charge in [0.15, 0.2) is 0 Å². The Morgan fingerprint density at radius 2 is 2.23 bits per heavy atom. The molecule has 1 saturated heterocycles. The Morgan fingerprint density at radius 1 is 1.41 bits per heavy atom. The maximum atomic E-state index is 12.8. The average molecular weight is 323 g/mol. The predicted molar refractivity (Wildman–Crippen MR) is 81.7 cm³/mol. The molecule has 0 spiro atoms. The van der Waals surface area contributed by atoms with Gasteiger partial charge in [-0.1, -0.05) is 29.6 Å². The zero-order valence-electron chi connectivity index (χ0n) is 12.8. The summed E-state index contributed by atoms with van der Waals surface area (Å²) >= 11 is 6.29. The summed E-state index contributed by atoms with van der Waals surface area (Å²) < 4.78 is 6.90. The Bertz CT molecular complexity index is 659. The molecule has 1 amide bonds. The number of hydrogen-bond donors (Lipinski definition) is 0. The third-order valence-electron chi connectivity index (χ3n) is 4.11. The van der Waals surface area contributed by atoms with Crippen LogP contribution < -0.4 is 0 Å². The van der Waals surface area contributed by atoms with Crippen LogP contribution in [0.4, 0.5) is 0 Å². The predicted octanol–water partition coefficient (Wildman–Crippen LogP) is 3.13. The van der Waals surface area contributed by atoms with E-state index in [1.54, 1.807) is 23.9 Å². The molecule has 1 aliphatic heterocycles. The SMILES string of the molecule is Cc1cc(C(=O)N2CCCCC[C@@H]2c2c(Cl)cnn2C)on1. The number of carbonyl (C=O) groups excluding carboxylic acids is 1. The second kappa shape index (κ2) is 6.12. The van der Waals surface area contributed by atoms with E-state index in [2.05, 4.69) is 10.3 Å². The largest absolute Gasteiger partial charge is 0.351 e. The van der Waals surface area contributed by atoms with Crippen LogP contribution >= 0.6 is 11.6 Å². The second-order valence-corrected chi connectivity index (χ2v) is 6.10. The highest BCUT2D eigenvalue weighted by atomic mass is 35.5. The van der Waals surface area contributed by atoms with E-state index in [0.29, 0.717) is 17.3 Å². The Kier molecular flexibility index (Phi) is 4.20. The number of hydrogen-bond acceptors (Lipinski definition) is 4. The topological polar surface area (TPSA) is 64.2 Å². The third-order valence-corrected chi connectivity index (χ3v) is 4.40. The molecule has 0 radical (unpaired) electrons. The number of aryl methyl sites for hydroxylation is 2. The van der Waals surface area contributed by atoms with Gasteiger partial charge in [0.1, 0.15) is 0 Å². The molecule has 2 aromatic heterocycles. The van der Waals surface area contributed by atoms with Crippen LogP contribution in [-0.2, 0) is 7.05 Å². The number of halogens is 1. The molecule has 3 rings (SSSR count). The Labute approximate surface area is 134 Å². The average Bonchev–Trinajstić information content (AvgIpc) is 2.97. The first kappa shape index (κ1) is 15.1. The third kappa shape index (κ3) is 2.75. The summed E-state index contributed by atoms with van der Waals surface area (Å²) in [4.78, 5) is 14.7. The molecule has 3 heterocycles. The van der Waals surface area contributed by atoms with Crippen molar-refractivity contribution in [1.82, 2.24) is 19.8 Å². The molecule has 0 unspecified atom stereocenters. The Hall–Kier alpha value is -1.82. The standard InChI is InChI=1S/C15H19ClN4O2/c1-10-8-13(22-18-10)15(21)20-7-5-3-4-6-12(20)14-11(16)9-17-19(14)2/h8-9,12H,3-7H2,1-2H3/t12-/m1/s1. The van der Waals surface area contributed by atoms with E-state index < -0.39 is 0 Å². The number of rotatable bonds is 2. The monoisotopic (exact) mass is 322 g/mol. The lowest BCUT2D eigenvalue weighted by atomic mass is 10.1. The van der Waals surface area contributed by atoms with Crippen LogP contribution in [-0.4, -0.2) is 32.3 Å². The quantitative estimate of drug-likeness (QED) is 0.852. The van der Waals surface area contributed by atoms with Crippen LogP contribution in [0.3, 0.4) is 0 Å². The van der Waals surface area contributed by atoms with Crippen molar-refractivity contribution < 1.29 is 9.32 Å². The zero-order chi connectivity index (χ0) is 15.7. The van der Waals surface area contributed by atoms with E-state index in [0.717, 1.165) is 31.4 Å². The van der Waals surface area contributed by atoms with Gasteiger partial charge in [0.05, 0.1) is 28.6 Å². The molecular weight excluding hydrogens is 304 g/mol. The van der Waals surface area contributed by atoms with Crippen LogP contribution in [0.5, 0.6) is 0 Å². The summed E-state index contributed by atoms with van der Waals surface area (Å²) in [6.07, 6.45) is 5.64. The first-order valence-corrected chi connectivity index (χ1v) is 7.87. The molecule has 0 aliphatic carbocycles. The van der Waals surface area contributed by atoms with Gasteiger partial charge in [-0.2, -0.15) is 5.10 Å². The summed E-state index contributed by atoms with van der Waals surface area (Å²) in [5.74, 6) is 0.146. The summed E-state index contributed by atoms with van der Waals surface area (Å²) in [5, 5.41) is 8.61. The summed E-state index contributed by atoms with van der Waals surface area (Å²) in [7, 11) is 1.85. The molecule has 2 aromatic rings. The van der Waals surface area contributed by atoms with Crippen molar-refractivity contribution in [2.24, 2.45) is 7.05 Å². The van der Waals surface area contributed by atoms with Gasteiger partial charge in [0.2, 0.25) is 5.76 Å². The van der Waals surface area contributed by atoms with Crippen molar-refractivity contribution in [3.8, 4) is 0 Å². The maximum absolute atomic E-state index is 12.8. The zero-order valence-corrected chi connectivity index (χ0v) is 13.5. The molecule has 6 nitrogen and oxygen atoms in total. The van der Waals surface area contributed by atoms with Gasteiger partial charge >= 0.3 is 0 Å². The second-order valence-electron chi connectivity index (χ2n) is 5.70. The van der Waals surface area contributed by atoms with E-state index >= 15 is 0 Å². The highest BCUT2D eigenvalue weighted by Crippen LogP contribution is 2.34. The molecule has 7 heteroatoms. The highest BCUT2D eigenvalue weighted by Gasteiger charge is 2.32. The van der Waals surface area contributed by atoms with Gasteiger partial charge in [-0.15, -0.1) is 0 Å². The minimum atomic E-state index is -0.134. The van der Waals surface area contributed by atoms with Crippen LogP contribution in [0, 0.1) is 6.92 Å². The molecule has 0 saturated carbocycles. The molecular formula is C15H19ClN4O2. The van der Waals surface area contributed by atoms with Crippen LogP contribution in [0.25, 0.3) is 0 Å². The number of carbonyl (C=O) groups is 1. The number of likely N-dealkylation sites (tertiary alicyclic amines) is 1. The minimum Gasteiger partial charge on any atom is -0.351 e. The molecule has 1 atom stereocenters. The van der Waals surface area contributed by atoms with Gasteiger partial charge in [0.25, 0.3) is 5.91 Å². The number of nitrogens with zero attached hydrogens (tertiary/aromatic N) is 4. The molecule has 1 aliphatic rings. The fourth-order valence-corrected chi connectivity index (χ4v) is 3.33. The van der Waals surface area contributed by atoms with Crippen molar-refractivity contribution >= 4 is 17.5 Å². The molecule has 0 bridgehead atoms. The van der Waals surface area contributed by atoms with Gasteiger partial charge in [-0.05, 0) is 19.8 Å². The summed E-state index contributed by atoms with van der Waals surface area (Å²) in [6.45, 7) is 2.49. The highest BCUT2D eigenvalue weighted by molar-refractivity contribution is 6.31. The van der Waals surface area contributed by atoms with E-state index in [9.17, 15) is 4.79 Å². The number of amides is 1. The fourth-order valence-electron chi connectivity index (χ4n) is 3.04. The lowest BCUT2D eigenvalue weighted by molar-refractivity contribution is 0.0631. The first-order chi connectivity index (χ1) is 10.6. The molecule has 0 aromatic carbocycles. The molecule has 118 valence electrons. The Balaban J connectivity index is 1.96. The van der Waals surface area contributed by atoms with E-state index in [1.165, 1.54) is 0 Å². The maximum Gasteiger partial charge on any atom is 0.293 e. The van der Waals surface area contributed by atoms with E-state index in [4.69, 9.17) is 16.1 Å². The molecule has 1 fully saturated rings. The summed E-state index contributed by atoms with van der Waals surface area (Å²) in [5.41, 5.74) is 1.58. The number of aromatic nitrogens is 3. The first-order valence-electron chi connectivity index (χ1n) is 7.49. The van der Waals surface area contributed by atoms with E-state index in [1.807, 2.05) is 11.9 Å². The minimum absolute atomic E-state index is 0.0830. The van der Waals surface area contributed by atoms with Gasteiger partial charge in [-0.3, -0.25) is 9.48 Å².